The molecule has 102 valence electrons. The smallest absolute Gasteiger partial charge is 0.195 e. The van der Waals surface area contributed by atoms with Crippen molar-refractivity contribution in [2.45, 2.75) is 0 Å². The van der Waals surface area contributed by atoms with Crippen LogP contribution in [0.5, 0.6) is 0 Å². The lowest BCUT2D eigenvalue weighted by Crippen LogP contribution is -2.01. The third kappa shape index (κ3) is 2.24. The van der Waals surface area contributed by atoms with E-state index in [1.807, 2.05) is 0 Å². The van der Waals surface area contributed by atoms with Crippen LogP contribution in [0, 0.1) is 11.3 Å². The number of carbonyl (C=O) groups excluding carboxylic acids is 1. The zero-order valence-electron chi connectivity index (χ0n) is 10.9. The monoisotopic (exact) mass is 295 g/mol. The van der Waals surface area contributed by atoms with Crippen LogP contribution in [-0.2, 0) is 0 Å². The summed E-state index contributed by atoms with van der Waals surface area (Å²) in [6, 6.07) is 12.0. The SMILES string of the molecule is N#Cc1ccc2[nH]cc(C(=O)c3ccc(N)c(Cl)c3)c2c1. The fourth-order valence-corrected chi connectivity index (χ4v) is 2.38. The first-order valence-electron chi connectivity index (χ1n) is 6.21. The molecule has 0 bridgehead atoms. The Hall–Kier alpha value is -2.77. The normalized spacial score (nSPS) is 10.5. The van der Waals surface area contributed by atoms with E-state index in [4.69, 9.17) is 22.6 Å². The molecule has 21 heavy (non-hydrogen) atoms. The van der Waals surface area contributed by atoms with Gasteiger partial charge in [0.15, 0.2) is 5.78 Å². The maximum absolute atomic E-state index is 12.6. The summed E-state index contributed by atoms with van der Waals surface area (Å²) in [5.41, 5.74) is 8.35. The van der Waals surface area contributed by atoms with Crippen LogP contribution in [0.25, 0.3) is 10.9 Å². The first kappa shape index (κ1) is 13.2. The number of H-pyrrole nitrogens is 1. The highest BCUT2D eigenvalue weighted by atomic mass is 35.5. The van der Waals surface area contributed by atoms with Gasteiger partial charge in [-0.15, -0.1) is 0 Å². The van der Waals surface area contributed by atoms with Gasteiger partial charge in [-0.2, -0.15) is 5.26 Å². The zero-order valence-corrected chi connectivity index (χ0v) is 11.6. The molecule has 3 N–H and O–H groups in total. The Kier molecular flexibility index (Phi) is 3.13. The molecule has 0 spiro atoms. The van der Waals surface area contributed by atoms with Gasteiger partial charge in [0, 0.05) is 28.2 Å². The topological polar surface area (TPSA) is 82.7 Å². The van der Waals surface area contributed by atoms with Crippen molar-refractivity contribution in [3.8, 4) is 6.07 Å². The molecule has 0 atom stereocenters. The number of aromatic amines is 1. The number of nitriles is 1. The molecule has 4 nitrogen and oxygen atoms in total. The second-order valence-electron chi connectivity index (χ2n) is 4.64. The quantitative estimate of drug-likeness (QED) is 0.560. The summed E-state index contributed by atoms with van der Waals surface area (Å²) in [7, 11) is 0. The summed E-state index contributed by atoms with van der Waals surface area (Å²) in [6.45, 7) is 0. The number of hydrogen-bond donors (Lipinski definition) is 2. The molecule has 2 aromatic carbocycles. The number of benzene rings is 2. The van der Waals surface area contributed by atoms with Crippen LogP contribution in [0.2, 0.25) is 5.02 Å². The van der Waals surface area contributed by atoms with Gasteiger partial charge in [0.1, 0.15) is 0 Å². The van der Waals surface area contributed by atoms with Crippen LogP contribution in [0.15, 0.2) is 42.6 Å². The van der Waals surface area contributed by atoms with Crippen molar-refractivity contribution >= 4 is 34.0 Å². The number of nitrogens with one attached hydrogen (secondary N) is 1. The van der Waals surface area contributed by atoms with Gasteiger partial charge in [-0.25, -0.2) is 0 Å². The molecule has 3 rings (SSSR count). The van der Waals surface area contributed by atoms with Gasteiger partial charge in [-0.3, -0.25) is 4.79 Å². The zero-order chi connectivity index (χ0) is 15.0. The van der Waals surface area contributed by atoms with Crippen LogP contribution in [0.4, 0.5) is 5.69 Å². The largest absolute Gasteiger partial charge is 0.398 e. The maximum Gasteiger partial charge on any atom is 0.195 e. The van der Waals surface area contributed by atoms with Crippen molar-refractivity contribution in [2.75, 3.05) is 5.73 Å². The van der Waals surface area contributed by atoms with Crippen molar-refractivity contribution in [1.29, 1.82) is 5.26 Å². The summed E-state index contributed by atoms with van der Waals surface area (Å²) in [6.07, 6.45) is 1.64. The molecule has 0 saturated heterocycles. The van der Waals surface area contributed by atoms with E-state index in [0.717, 1.165) is 5.52 Å². The molecule has 0 amide bonds. The molecular formula is C16H10ClN3O. The van der Waals surface area contributed by atoms with Gasteiger partial charge in [-0.05, 0) is 36.4 Å². The molecule has 5 heteroatoms. The highest BCUT2D eigenvalue weighted by Gasteiger charge is 2.15. The third-order valence-electron chi connectivity index (χ3n) is 3.32. The van der Waals surface area contributed by atoms with E-state index in [1.54, 1.807) is 42.6 Å². The Balaban J connectivity index is 2.13. The number of rotatable bonds is 2. The molecule has 3 aromatic rings. The second kappa shape index (κ2) is 4.97. The van der Waals surface area contributed by atoms with E-state index < -0.39 is 0 Å². The Morgan fingerprint density at radius 1 is 1.24 bits per heavy atom. The van der Waals surface area contributed by atoms with Crippen molar-refractivity contribution < 1.29 is 4.79 Å². The summed E-state index contributed by atoms with van der Waals surface area (Å²) in [5, 5.41) is 10.0. The maximum atomic E-state index is 12.6. The lowest BCUT2D eigenvalue weighted by molar-refractivity contribution is 0.104. The fraction of sp³-hybridized carbons (Fsp3) is 0. The minimum Gasteiger partial charge on any atom is -0.398 e. The van der Waals surface area contributed by atoms with Crippen LogP contribution in [-0.4, -0.2) is 10.8 Å². The average molecular weight is 296 g/mol. The van der Waals surface area contributed by atoms with E-state index in [9.17, 15) is 4.79 Å². The van der Waals surface area contributed by atoms with E-state index in [-0.39, 0.29) is 5.78 Å². The summed E-state index contributed by atoms with van der Waals surface area (Å²) < 4.78 is 0. The molecular weight excluding hydrogens is 286 g/mol. The molecule has 0 aliphatic rings. The number of fused-ring (bicyclic) bond motifs is 1. The number of nitrogens with zero attached hydrogens (tertiary/aromatic N) is 1. The summed E-state index contributed by atoms with van der Waals surface area (Å²) in [4.78, 5) is 15.6. The van der Waals surface area contributed by atoms with Gasteiger partial charge >= 0.3 is 0 Å². The predicted molar refractivity (Wildman–Crippen MR) is 82.3 cm³/mol. The van der Waals surface area contributed by atoms with Crippen LogP contribution >= 0.6 is 11.6 Å². The number of carbonyl (C=O) groups is 1. The van der Waals surface area contributed by atoms with Crippen LogP contribution in [0.3, 0.4) is 0 Å². The molecule has 0 aliphatic carbocycles. The number of nitrogen functional groups attached to an aromatic ring is 1. The van der Waals surface area contributed by atoms with Gasteiger partial charge in [-0.1, -0.05) is 11.6 Å². The fourth-order valence-electron chi connectivity index (χ4n) is 2.20. The van der Waals surface area contributed by atoms with Crippen LogP contribution in [0.1, 0.15) is 21.5 Å². The third-order valence-corrected chi connectivity index (χ3v) is 3.65. The minimum absolute atomic E-state index is 0.168. The molecule has 0 saturated carbocycles. The Morgan fingerprint density at radius 2 is 2.05 bits per heavy atom. The van der Waals surface area contributed by atoms with Crippen molar-refractivity contribution in [3.63, 3.8) is 0 Å². The van der Waals surface area contributed by atoms with E-state index in [2.05, 4.69) is 11.1 Å². The molecule has 1 aromatic heterocycles. The average Bonchev–Trinajstić information content (AvgIpc) is 2.92. The number of aromatic nitrogens is 1. The molecule has 0 radical (unpaired) electrons. The highest BCUT2D eigenvalue weighted by molar-refractivity contribution is 6.33. The van der Waals surface area contributed by atoms with Crippen LogP contribution < -0.4 is 5.73 Å². The predicted octanol–water partition coefficient (Wildman–Crippen LogP) is 3.51. The van der Waals surface area contributed by atoms with Gasteiger partial charge in [0.25, 0.3) is 0 Å². The molecule has 0 unspecified atom stereocenters. The number of ketones is 1. The van der Waals surface area contributed by atoms with Gasteiger partial charge in [0.2, 0.25) is 0 Å². The second-order valence-corrected chi connectivity index (χ2v) is 5.05. The van der Waals surface area contributed by atoms with E-state index in [1.165, 1.54) is 0 Å². The number of nitrogens with two attached hydrogens (primary N) is 1. The van der Waals surface area contributed by atoms with Crippen molar-refractivity contribution in [3.05, 3.63) is 64.3 Å². The summed E-state index contributed by atoms with van der Waals surface area (Å²) in [5.74, 6) is -0.168. The lowest BCUT2D eigenvalue weighted by atomic mass is 10.0. The Labute approximate surface area is 125 Å². The molecule has 0 aliphatic heterocycles. The lowest BCUT2D eigenvalue weighted by Gasteiger charge is -2.03. The molecule has 0 fully saturated rings. The van der Waals surface area contributed by atoms with E-state index >= 15 is 0 Å². The standard InChI is InChI=1S/C16H10ClN3O/c17-13-6-10(2-3-14(13)19)16(21)12-8-20-15-4-1-9(7-18)5-11(12)15/h1-6,8,20H,19H2. The molecule has 1 heterocycles. The van der Waals surface area contributed by atoms with E-state index in [0.29, 0.717) is 32.8 Å². The number of anilines is 1. The Bertz CT molecular complexity index is 906. The number of halogens is 1. The number of hydrogen-bond acceptors (Lipinski definition) is 3. The van der Waals surface area contributed by atoms with Gasteiger partial charge in [0.05, 0.1) is 22.3 Å². The Morgan fingerprint density at radius 3 is 2.76 bits per heavy atom. The first-order valence-corrected chi connectivity index (χ1v) is 6.59. The van der Waals surface area contributed by atoms with Crippen molar-refractivity contribution in [2.24, 2.45) is 0 Å². The van der Waals surface area contributed by atoms with Gasteiger partial charge < -0.3 is 10.7 Å². The highest BCUT2D eigenvalue weighted by Crippen LogP contribution is 2.25. The van der Waals surface area contributed by atoms with Crippen molar-refractivity contribution in [1.82, 2.24) is 4.98 Å². The summed E-state index contributed by atoms with van der Waals surface area (Å²) >= 11 is 5.96. The minimum atomic E-state index is -0.168. The first-order chi connectivity index (χ1) is 10.1.